The second-order valence-electron chi connectivity index (χ2n) is 4.81. The largest absolute Gasteiger partial charge is 0.390 e. The molecule has 1 aliphatic carbocycles. The van der Waals surface area contributed by atoms with Crippen molar-refractivity contribution in [3.05, 3.63) is 0 Å². The summed E-state index contributed by atoms with van der Waals surface area (Å²) >= 11 is 0. The SMILES string of the molecule is OC1(CCC2CCCNCC2)CC1. The molecule has 0 aromatic rings. The maximum Gasteiger partial charge on any atom is 0.0650 e. The van der Waals surface area contributed by atoms with Crippen LogP contribution in [0.5, 0.6) is 0 Å². The van der Waals surface area contributed by atoms with Crippen LogP contribution in [0.1, 0.15) is 44.9 Å². The Kier molecular flexibility index (Phi) is 2.89. The van der Waals surface area contributed by atoms with Gasteiger partial charge in [-0.1, -0.05) is 0 Å². The molecule has 13 heavy (non-hydrogen) atoms. The van der Waals surface area contributed by atoms with Crippen molar-refractivity contribution in [2.24, 2.45) is 5.92 Å². The van der Waals surface area contributed by atoms with E-state index in [0.717, 1.165) is 25.2 Å². The Balaban J connectivity index is 1.67. The Bertz CT molecular complexity index is 157. The fourth-order valence-electron chi connectivity index (χ4n) is 2.25. The van der Waals surface area contributed by atoms with E-state index in [1.165, 1.54) is 38.8 Å². The molecule has 0 radical (unpaired) electrons. The summed E-state index contributed by atoms with van der Waals surface area (Å²) in [7, 11) is 0. The fraction of sp³-hybridized carbons (Fsp3) is 1.00. The maximum absolute atomic E-state index is 9.71. The summed E-state index contributed by atoms with van der Waals surface area (Å²) in [5.41, 5.74) is -0.222. The van der Waals surface area contributed by atoms with Crippen LogP contribution in [0.2, 0.25) is 0 Å². The van der Waals surface area contributed by atoms with Crippen LogP contribution in [0.15, 0.2) is 0 Å². The van der Waals surface area contributed by atoms with E-state index in [-0.39, 0.29) is 5.60 Å². The summed E-state index contributed by atoms with van der Waals surface area (Å²) in [6.07, 6.45) is 8.41. The smallest absolute Gasteiger partial charge is 0.0650 e. The third-order valence-corrected chi connectivity index (χ3v) is 3.54. The van der Waals surface area contributed by atoms with Gasteiger partial charge in [-0.25, -0.2) is 0 Å². The van der Waals surface area contributed by atoms with E-state index < -0.39 is 0 Å². The van der Waals surface area contributed by atoms with Gasteiger partial charge in [-0.2, -0.15) is 0 Å². The molecule has 2 aliphatic rings. The van der Waals surface area contributed by atoms with Crippen LogP contribution in [0.4, 0.5) is 0 Å². The van der Waals surface area contributed by atoms with E-state index in [4.69, 9.17) is 0 Å². The lowest BCUT2D eigenvalue weighted by molar-refractivity contribution is 0.129. The van der Waals surface area contributed by atoms with Crippen molar-refractivity contribution in [3.8, 4) is 0 Å². The summed E-state index contributed by atoms with van der Waals surface area (Å²) in [4.78, 5) is 0. The third kappa shape index (κ3) is 2.96. The molecule has 2 fully saturated rings. The molecular weight excluding hydrogens is 162 g/mol. The summed E-state index contributed by atoms with van der Waals surface area (Å²) < 4.78 is 0. The van der Waals surface area contributed by atoms with E-state index >= 15 is 0 Å². The van der Waals surface area contributed by atoms with Crippen LogP contribution < -0.4 is 5.32 Å². The van der Waals surface area contributed by atoms with Crippen molar-refractivity contribution >= 4 is 0 Å². The van der Waals surface area contributed by atoms with Gasteiger partial charge in [0.15, 0.2) is 0 Å². The number of hydrogen-bond acceptors (Lipinski definition) is 2. The Hall–Kier alpha value is -0.0800. The zero-order chi connectivity index (χ0) is 9.15. The lowest BCUT2D eigenvalue weighted by Gasteiger charge is -2.15. The summed E-state index contributed by atoms with van der Waals surface area (Å²) in [6, 6.07) is 0. The van der Waals surface area contributed by atoms with Crippen LogP contribution in [0.25, 0.3) is 0 Å². The fourth-order valence-corrected chi connectivity index (χ4v) is 2.25. The lowest BCUT2D eigenvalue weighted by Crippen LogP contribution is -2.15. The van der Waals surface area contributed by atoms with Crippen LogP contribution in [-0.4, -0.2) is 23.8 Å². The molecule has 1 unspecified atom stereocenters. The predicted molar refractivity (Wildman–Crippen MR) is 53.6 cm³/mol. The van der Waals surface area contributed by atoms with Gasteiger partial charge in [0.25, 0.3) is 0 Å². The third-order valence-electron chi connectivity index (χ3n) is 3.54. The zero-order valence-corrected chi connectivity index (χ0v) is 8.39. The first-order chi connectivity index (χ1) is 6.29. The van der Waals surface area contributed by atoms with Crippen molar-refractivity contribution in [1.29, 1.82) is 0 Å². The molecular formula is C11H21NO. The van der Waals surface area contributed by atoms with Gasteiger partial charge in [-0.3, -0.25) is 0 Å². The molecule has 0 amide bonds. The number of rotatable bonds is 3. The normalized spacial score (nSPS) is 32.5. The molecule has 76 valence electrons. The highest BCUT2D eigenvalue weighted by molar-refractivity contribution is 4.93. The Labute approximate surface area is 80.7 Å². The molecule has 2 heteroatoms. The molecule has 1 atom stereocenters. The molecule has 1 heterocycles. The first-order valence-electron chi connectivity index (χ1n) is 5.72. The molecule has 2 rings (SSSR count). The standard InChI is InChI=1S/C11H21NO/c13-11(6-7-11)5-3-10-2-1-8-12-9-4-10/h10,12-13H,1-9H2. The van der Waals surface area contributed by atoms with Crippen molar-refractivity contribution < 1.29 is 5.11 Å². The van der Waals surface area contributed by atoms with E-state index in [2.05, 4.69) is 5.32 Å². The second-order valence-corrected chi connectivity index (χ2v) is 4.81. The minimum absolute atomic E-state index is 0.222. The first-order valence-corrected chi connectivity index (χ1v) is 5.72. The van der Waals surface area contributed by atoms with Crippen molar-refractivity contribution in [2.75, 3.05) is 13.1 Å². The predicted octanol–water partition coefficient (Wildman–Crippen LogP) is 1.68. The van der Waals surface area contributed by atoms with Gasteiger partial charge in [-0.15, -0.1) is 0 Å². The monoisotopic (exact) mass is 183 g/mol. The maximum atomic E-state index is 9.71. The Morgan fingerprint density at radius 2 is 2.08 bits per heavy atom. The zero-order valence-electron chi connectivity index (χ0n) is 8.39. The highest BCUT2D eigenvalue weighted by Gasteiger charge is 2.39. The van der Waals surface area contributed by atoms with Crippen molar-refractivity contribution in [2.45, 2.75) is 50.5 Å². The van der Waals surface area contributed by atoms with Gasteiger partial charge in [-0.05, 0) is 64.0 Å². The number of hydrogen-bond donors (Lipinski definition) is 2. The molecule has 1 saturated heterocycles. The first kappa shape index (κ1) is 9.47. The lowest BCUT2D eigenvalue weighted by atomic mass is 9.93. The van der Waals surface area contributed by atoms with E-state index in [0.29, 0.717) is 0 Å². The van der Waals surface area contributed by atoms with Gasteiger partial charge >= 0.3 is 0 Å². The Morgan fingerprint density at radius 1 is 1.23 bits per heavy atom. The van der Waals surface area contributed by atoms with Crippen LogP contribution >= 0.6 is 0 Å². The molecule has 0 spiro atoms. The van der Waals surface area contributed by atoms with Crippen LogP contribution in [-0.2, 0) is 0 Å². The topological polar surface area (TPSA) is 32.3 Å². The minimum atomic E-state index is -0.222. The molecule has 2 N–H and O–H groups in total. The summed E-state index contributed by atoms with van der Waals surface area (Å²) in [6.45, 7) is 2.38. The molecule has 0 aromatic carbocycles. The van der Waals surface area contributed by atoms with Gasteiger partial charge in [0.1, 0.15) is 0 Å². The molecule has 2 nitrogen and oxygen atoms in total. The van der Waals surface area contributed by atoms with Gasteiger partial charge < -0.3 is 10.4 Å². The van der Waals surface area contributed by atoms with E-state index in [9.17, 15) is 5.11 Å². The summed E-state index contributed by atoms with van der Waals surface area (Å²) in [5.74, 6) is 0.875. The molecule has 1 saturated carbocycles. The number of aliphatic hydroxyl groups is 1. The Morgan fingerprint density at radius 3 is 2.85 bits per heavy atom. The highest BCUT2D eigenvalue weighted by Crippen LogP contribution is 2.40. The number of nitrogens with one attached hydrogen (secondary N) is 1. The van der Waals surface area contributed by atoms with E-state index in [1.807, 2.05) is 0 Å². The van der Waals surface area contributed by atoms with Gasteiger partial charge in [0.2, 0.25) is 0 Å². The summed E-state index contributed by atoms with van der Waals surface area (Å²) in [5, 5.41) is 13.1. The van der Waals surface area contributed by atoms with Gasteiger partial charge in [0, 0.05) is 0 Å². The van der Waals surface area contributed by atoms with Crippen molar-refractivity contribution in [3.63, 3.8) is 0 Å². The molecule has 0 bridgehead atoms. The highest BCUT2D eigenvalue weighted by atomic mass is 16.3. The quantitative estimate of drug-likeness (QED) is 0.697. The molecule has 1 aliphatic heterocycles. The second kappa shape index (κ2) is 3.97. The van der Waals surface area contributed by atoms with Crippen molar-refractivity contribution in [1.82, 2.24) is 5.32 Å². The van der Waals surface area contributed by atoms with Crippen LogP contribution in [0, 0.1) is 5.92 Å². The van der Waals surface area contributed by atoms with Crippen LogP contribution in [0.3, 0.4) is 0 Å². The van der Waals surface area contributed by atoms with Gasteiger partial charge in [0.05, 0.1) is 5.60 Å². The average Bonchev–Trinajstić information content (AvgIpc) is 2.87. The average molecular weight is 183 g/mol. The van der Waals surface area contributed by atoms with E-state index in [1.54, 1.807) is 0 Å². The molecule has 0 aromatic heterocycles. The minimum Gasteiger partial charge on any atom is -0.390 e.